The van der Waals surface area contributed by atoms with Crippen LogP contribution in [0.15, 0.2) is 54.4 Å². The van der Waals surface area contributed by atoms with E-state index in [9.17, 15) is 4.79 Å². The zero-order chi connectivity index (χ0) is 14.5. The van der Waals surface area contributed by atoms with Gasteiger partial charge in [0.05, 0.1) is 10.4 Å². The molecule has 0 saturated carbocycles. The average Bonchev–Trinajstić information content (AvgIpc) is 3.08. The van der Waals surface area contributed by atoms with Crippen molar-refractivity contribution in [1.29, 1.82) is 0 Å². The van der Waals surface area contributed by atoms with Gasteiger partial charge in [0.2, 0.25) is 11.7 Å². The maximum Gasteiger partial charge on any atom is 0.222 e. The summed E-state index contributed by atoms with van der Waals surface area (Å²) in [5.74, 6) is 0.436. The standard InChI is InChI=1S/C15H12N4OS/c20-14(13-4-2-6-21-13)12-9-18-15(19-10-12)17-8-11-3-1-5-16-7-11/h1-7,9-10H,8H2,(H,17,18,19). The molecule has 104 valence electrons. The van der Waals surface area contributed by atoms with E-state index in [-0.39, 0.29) is 5.78 Å². The minimum atomic E-state index is -0.0520. The third kappa shape index (κ3) is 3.29. The molecule has 1 N–H and O–H groups in total. The van der Waals surface area contributed by atoms with Gasteiger partial charge >= 0.3 is 0 Å². The Morgan fingerprint density at radius 3 is 2.67 bits per heavy atom. The predicted octanol–water partition coefficient (Wildman–Crippen LogP) is 2.78. The Morgan fingerprint density at radius 2 is 2.00 bits per heavy atom. The van der Waals surface area contributed by atoms with E-state index in [4.69, 9.17) is 0 Å². The maximum atomic E-state index is 12.1. The molecule has 3 aromatic heterocycles. The van der Waals surface area contributed by atoms with Crippen LogP contribution >= 0.6 is 11.3 Å². The van der Waals surface area contributed by atoms with Crippen LogP contribution in [-0.2, 0) is 6.54 Å². The molecule has 0 bridgehead atoms. The van der Waals surface area contributed by atoms with Gasteiger partial charge in [-0.05, 0) is 23.1 Å². The summed E-state index contributed by atoms with van der Waals surface area (Å²) in [6.07, 6.45) is 6.59. The van der Waals surface area contributed by atoms with E-state index in [1.807, 2.05) is 23.6 Å². The Hall–Kier alpha value is -2.60. The number of aromatic nitrogens is 3. The third-order valence-electron chi connectivity index (χ3n) is 2.83. The molecule has 0 aliphatic rings. The summed E-state index contributed by atoms with van der Waals surface area (Å²) >= 11 is 1.41. The lowest BCUT2D eigenvalue weighted by molar-refractivity contribution is 0.104. The van der Waals surface area contributed by atoms with Crippen molar-refractivity contribution in [2.75, 3.05) is 5.32 Å². The van der Waals surface area contributed by atoms with Gasteiger partial charge in [-0.3, -0.25) is 9.78 Å². The monoisotopic (exact) mass is 296 g/mol. The summed E-state index contributed by atoms with van der Waals surface area (Å²) in [4.78, 5) is 25.2. The van der Waals surface area contributed by atoms with Crippen LogP contribution in [0.25, 0.3) is 0 Å². The van der Waals surface area contributed by atoms with Crippen molar-refractivity contribution in [1.82, 2.24) is 15.0 Å². The Balaban J connectivity index is 1.66. The summed E-state index contributed by atoms with van der Waals surface area (Å²) in [7, 11) is 0. The molecule has 3 rings (SSSR count). The van der Waals surface area contributed by atoms with Crippen molar-refractivity contribution in [3.63, 3.8) is 0 Å². The minimum absolute atomic E-state index is 0.0520. The predicted molar refractivity (Wildman–Crippen MR) is 81.3 cm³/mol. The van der Waals surface area contributed by atoms with E-state index in [0.717, 1.165) is 5.56 Å². The molecule has 0 aromatic carbocycles. The highest BCUT2D eigenvalue weighted by molar-refractivity contribution is 7.12. The number of nitrogens with one attached hydrogen (secondary N) is 1. The van der Waals surface area contributed by atoms with Gasteiger partial charge in [-0.15, -0.1) is 11.3 Å². The van der Waals surface area contributed by atoms with Crippen LogP contribution in [-0.4, -0.2) is 20.7 Å². The van der Waals surface area contributed by atoms with Crippen LogP contribution < -0.4 is 5.32 Å². The molecule has 0 unspecified atom stereocenters. The first kappa shape index (κ1) is 13.4. The van der Waals surface area contributed by atoms with Crippen LogP contribution in [0.3, 0.4) is 0 Å². The topological polar surface area (TPSA) is 67.8 Å². The van der Waals surface area contributed by atoms with Crippen molar-refractivity contribution in [3.8, 4) is 0 Å². The molecule has 0 aliphatic carbocycles. The first-order chi connectivity index (χ1) is 10.3. The third-order valence-corrected chi connectivity index (χ3v) is 3.70. The molecule has 0 saturated heterocycles. The molecule has 6 heteroatoms. The largest absolute Gasteiger partial charge is 0.350 e. The number of carbonyl (C=O) groups is 1. The molecule has 5 nitrogen and oxygen atoms in total. The Kier molecular flexibility index (Phi) is 3.97. The van der Waals surface area contributed by atoms with Crippen LogP contribution in [0.5, 0.6) is 0 Å². The number of nitrogens with zero attached hydrogens (tertiary/aromatic N) is 3. The maximum absolute atomic E-state index is 12.1. The second-order valence-electron chi connectivity index (χ2n) is 4.32. The Labute approximate surface area is 125 Å². The van der Waals surface area contributed by atoms with Crippen molar-refractivity contribution < 1.29 is 4.79 Å². The lowest BCUT2D eigenvalue weighted by atomic mass is 10.2. The fourth-order valence-corrected chi connectivity index (χ4v) is 2.46. The SMILES string of the molecule is O=C(c1cnc(NCc2cccnc2)nc1)c1cccs1. The Morgan fingerprint density at radius 1 is 1.14 bits per heavy atom. The van der Waals surface area contributed by atoms with Gasteiger partial charge in [0.25, 0.3) is 0 Å². The average molecular weight is 296 g/mol. The molecule has 0 fully saturated rings. The zero-order valence-corrected chi connectivity index (χ0v) is 11.9. The summed E-state index contributed by atoms with van der Waals surface area (Å²) in [6.45, 7) is 0.589. The fraction of sp³-hybridized carbons (Fsp3) is 0.0667. The second kappa shape index (κ2) is 6.23. The highest BCUT2D eigenvalue weighted by atomic mass is 32.1. The van der Waals surface area contributed by atoms with E-state index in [1.54, 1.807) is 30.9 Å². The van der Waals surface area contributed by atoms with Crippen LogP contribution in [0.2, 0.25) is 0 Å². The van der Waals surface area contributed by atoms with Crippen molar-refractivity contribution in [2.45, 2.75) is 6.54 Å². The lowest BCUT2D eigenvalue weighted by Gasteiger charge is -2.04. The van der Waals surface area contributed by atoms with Crippen LogP contribution in [0, 0.1) is 0 Å². The fourth-order valence-electron chi connectivity index (χ4n) is 1.77. The van der Waals surface area contributed by atoms with E-state index in [1.165, 1.54) is 11.3 Å². The van der Waals surface area contributed by atoms with Gasteiger partial charge in [0.1, 0.15) is 0 Å². The molecular weight excluding hydrogens is 284 g/mol. The van der Waals surface area contributed by atoms with Gasteiger partial charge < -0.3 is 5.32 Å². The van der Waals surface area contributed by atoms with Crippen molar-refractivity contribution in [2.24, 2.45) is 0 Å². The number of pyridine rings is 1. The molecule has 0 amide bonds. The van der Waals surface area contributed by atoms with Gasteiger partial charge in [0.15, 0.2) is 0 Å². The first-order valence-electron chi connectivity index (χ1n) is 6.36. The number of hydrogen-bond donors (Lipinski definition) is 1. The van der Waals surface area contributed by atoms with Gasteiger partial charge in [-0.1, -0.05) is 12.1 Å². The highest BCUT2D eigenvalue weighted by Gasteiger charge is 2.10. The molecule has 3 aromatic rings. The molecule has 21 heavy (non-hydrogen) atoms. The summed E-state index contributed by atoms with van der Waals surface area (Å²) in [5.41, 5.74) is 1.53. The summed E-state index contributed by atoms with van der Waals surface area (Å²) in [5, 5.41) is 4.96. The van der Waals surface area contributed by atoms with Gasteiger partial charge in [-0.25, -0.2) is 9.97 Å². The smallest absolute Gasteiger partial charge is 0.222 e. The summed E-state index contributed by atoms with van der Waals surface area (Å²) < 4.78 is 0. The molecule has 0 spiro atoms. The molecule has 0 aliphatic heterocycles. The molecule has 0 radical (unpaired) electrons. The van der Waals surface area contributed by atoms with E-state index in [0.29, 0.717) is 22.9 Å². The number of anilines is 1. The van der Waals surface area contributed by atoms with Crippen LogP contribution in [0.1, 0.15) is 20.8 Å². The molecular formula is C15H12N4OS. The van der Waals surface area contributed by atoms with E-state index >= 15 is 0 Å². The van der Waals surface area contributed by atoms with E-state index in [2.05, 4.69) is 20.3 Å². The lowest BCUT2D eigenvalue weighted by Crippen LogP contribution is -2.06. The second-order valence-corrected chi connectivity index (χ2v) is 5.26. The van der Waals surface area contributed by atoms with E-state index < -0.39 is 0 Å². The minimum Gasteiger partial charge on any atom is -0.350 e. The highest BCUT2D eigenvalue weighted by Crippen LogP contribution is 2.14. The molecule has 0 atom stereocenters. The molecule has 3 heterocycles. The van der Waals surface area contributed by atoms with Gasteiger partial charge in [0, 0.05) is 31.3 Å². The zero-order valence-electron chi connectivity index (χ0n) is 11.1. The van der Waals surface area contributed by atoms with Crippen molar-refractivity contribution >= 4 is 23.1 Å². The number of carbonyl (C=O) groups excluding carboxylic acids is 1. The quantitative estimate of drug-likeness (QED) is 0.733. The summed E-state index contributed by atoms with van der Waals surface area (Å²) in [6, 6.07) is 7.49. The normalized spacial score (nSPS) is 10.3. The van der Waals surface area contributed by atoms with Gasteiger partial charge in [-0.2, -0.15) is 0 Å². The number of rotatable bonds is 5. The number of thiophene rings is 1. The first-order valence-corrected chi connectivity index (χ1v) is 7.24. The van der Waals surface area contributed by atoms with Crippen LogP contribution in [0.4, 0.5) is 5.95 Å². The number of hydrogen-bond acceptors (Lipinski definition) is 6. The Bertz CT molecular complexity index is 711. The van der Waals surface area contributed by atoms with Crippen molar-refractivity contribution in [3.05, 3.63) is 70.4 Å². The number of ketones is 1.